The Hall–Kier alpha value is -3.12. The quantitative estimate of drug-likeness (QED) is 0.715. The third-order valence-electron chi connectivity index (χ3n) is 5.05. The molecule has 2 aromatic carbocycles. The van der Waals surface area contributed by atoms with E-state index in [1.54, 1.807) is 19.2 Å². The highest BCUT2D eigenvalue weighted by molar-refractivity contribution is 6.06. The van der Waals surface area contributed by atoms with E-state index >= 15 is 0 Å². The maximum absolute atomic E-state index is 12.7. The minimum Gasteiger partial charge on any atom is -0.496 e. The van der Waals surface area contributed by atoms with Crippen molar-refractivity contribution in [1.29, 1.82) is 0 Å². The molecule has 1 amide bonds. The number of aryl methyl sites for hydroxylation is 1. The predicted octanol–water partition coefficient (Wildman–Crippen LogP) is 3.54. The first-order valence-corrected chi connectivity index (χ1v) is 9.42. The molecule has 144 valence electrons. The monoisotopic (exact) mass is 376 g/mol. The first-order chi connectivity index (χ1) is 13.6. The van der Waals surface area contributed by atoms with Crippen molar-refractivity contribution in [3.8, 4) is 5.75 Å². The lowest BCUT2D eigenvalue weighted by molar-refractivity contribution is 0.102. The molecule has 2 heterocycles. The van der Waals surface area contributed by atoms with E-state index in [-0.39, 0.29) is 5.91 Å². The van der Waals surface area contributed by atoms with Crippen LogP contribution in [-0.4, -0.2) is 34.7 Å². The molecule has 4 rings (SSSR count). The summed E-state index contributed by atoms with van der Waals surface area (Å²) in [7, 11) is 1.57. The molecule has 0 aliphatic carbocycles. The lowest BCUT2D eigenvalue weighted by Gasteiger charge is -2.28. The van der Waals surface area contributed by atoms with Gasteiger partial charge in [0.15, 0.2) is 0 Å². The van der Waals surface area contributed by atoms with E-state index in [2.05, 4.69) is 38.6 Å². The third kappa shape index (κ3) is 3.92. The summed E-state index contributed by atoms with van der Waals surface area (Å²) in [5, 5.41) is 10.3. The molecule has 0 saturated carbocycles. The molecular weight excluding hydrogens is 352 g/mol. The minimum atomic E-state index is -0.169. The fourth-order valence-corrected chi connectivity index (χ4v) is 3.64. The first-order valence-electron chi connectivity index (χ1n) is 9.42. The number of aromatic amines is 1. The molecule has 0 spiro atoms. The van der Waals surface area contributed by atoms with Gasteiger partial charge in [0.2, 0.25) is 0 Å². The highest BCUT2D eigenvalue weighted by atomic mass is 16.5. The maximum Gasteiger partial charge on any atom is 0.259 e. The first kappa shape index (κ1) is 18.3. The molecule has 1 aliphatic rings. The van der Waals surface area contributed by atoms with E-state index in [1.807, 2.05) is 25.1 Å². The van der Waals surface area contributed by atoms with Crippen LogP contribution in [0.1, 0.15) is 32.9 Å². The van der Waals surface area contributed by atoms with Gasteiger partial charge >= 0.3 is 0 Å². The number of rotatable bonds is 5. The Morgan fingerprint density at radius 3 is 2.86 bits per heavy atom. The average Bonchev–Trinajstić information content (AvgIpc) is 3.12. The molecule has 1 aliphatic heterocycles. The number of hydrogen-bond acceptors (Lipinski definition) is 4. The second kappa shape index (κ2) is 7.86. The summed E-state index contributed by atoms with van der Waals surface area (Å²) in [6.07, 6.45) is 0.999. The van der Waals surface area contributed by atoms with Crippen LogP contribution in [0.3, 0.4) is 0 Å². The SMILES string of the molecule is COc1ccccc1C(=O)Nc1ccc2c(c1)CN(Cc1cc(C)[nH]n1)CC2. The Labute approximate surface area is 164 Å². The molecule has 0 fully saturated rings. The summed E-state index contributed by atoms with van der Waals surface area (Å²) in [6.45, 7) is 4.69. The number of nitrogens with one attached hydrogen (secondary N) is 2. The summed E-state index contributed by atoms with van der Waals surface area (Å²) in [5.74, 6) is 0.399. The number of carbonyl (C=O) groups is 1. The van der Waals surface area contributed by atoms with E-state index in [1.165, 1.54) is 11.1 Å². The van der Waals surface area contributed by atoms with Crippen molar-refractivity contribution in [1.82, 2.24) is 15.1 Å². The number of hydrogen-bond donors (Lipinski definition) is 2. The van der Waals surface area contributed by atoms with Crippen LogP contribution in [0.25, 0.3) is 0 Å². The van der Waals surface area contributed by atoms with Gasteiger partial charge in [0.05, 0.1) is 18.4 Å². The number of benzene rings is 2. The summed E-state index contributed by atoms with van der Waals surface area (Å²) in [5.41, 5.74) is 6.04. The topological polar surface area (TPSA) is 70.2 Å². The van der Waals surface area contributed by atoms with Crippen molar-refractivity contribution in [2.45, 2.75) is 26.4 Å². The van der Waals surface area contributed by atoms with Crippen LogP contribution < -0.4 is 10.1 Å². The number of anilines is 1. The summed E-state index contributed by atoms with van der Waals surface area (Å²) in [6, 6.07) is 15.5. The molecule has 2 N–H and O–H groups in total. The fraction of sp³-hybridized carbons (Fsp3) is 0.273. The van der Waals surface area contributed by atoms with Crippen LogP contribution >= 0.6 is 0 Å². The molecule has 0 saturated heterocycles. The van der Waals surface area contributed by atoms with Gasteiger partial charge < -0.3 is 10.1 Å². The molecule has 6 heteroatoms. The van der Waals surface area contributed by atoms with Crippen LogP contribution in [-0.2, 0) is 19.5 Å². The third-order valence-corrected chi connectivity index (χ3v) is 5.05. The Morgan fingerprint density at radius 1 is 1.21 bits per heavy atom. The molecule has 0 bridgehead atoms. The second-order valence-electron chi connectivity index (χ2n) is 7.14. The van der Waals surface area contributed by atoms with Gasteiger partial charge in [-0.2, -0.15) is 5.10 Å². The van der Waals surface area contributed by atoms with E-state index < -0.39 is 0 Å². The number of para-hydroxylation sites is 1. The van der Waals surface area contributed by atoms with E-state index in [9.17, 15) is 4.79 Å². The lowest BCUT2D eigenvalue weighted by atomic mass is 9.98. The van der Waals surface area contributed by atoms with Gasteiger partial charge in [0.1, 0.15) is 5.75 Å². The molecule has 0 radical (unpaired) electrons. The zero-order chi connectivity index (χ0) is 19.5. The Morgan fingerprint density at radius 2 is 2.07 bits per heavy atom. The summed E-state index contributed by atoms with van der Waals surface area (Å²) < 4.78 is 5.29. The molecule has 6 nitrogen and oxygen atoms in total. The van der Waals surface area contributed by atoms with E-state index in [4.69, 9.17) is 4.74 Å². The van der Waals surface area contributed by atoms with E-state index in [0.717, 1.165) is 43.1 Å². The maximum atomic E-state index is 12.7. The molecule has 1 aromatic heterocycles. The molecular formula is C22H24N4O2. The van der Waals surface area contributed by atoms with Crippen molar-refractivity contribution in [2.75, 3.05) is 19.0 Å². The highest BCUT2D eigenvalue weighted by Gasteiger charge is 2.18. The number of aromatic nitrogens is 2. The van der Waals surface area contributed by atoms with Gasteiger partial charge in [-0.05, 0) is 54.8 Å². The van der Waals surface area contributed by atoms with Crippen LogP contribution in [0.4, 0.5) is 5.69 Å². The number of ether oxygens (including phenoxy) is 1. The van der Waals surface area contributed by atoms with Gasteiger partial charge in [0, 0.05) is 31.0 Å². The number of amides is 1. The number of fused-ring (bicyclic) bond motifs is 1. The average molecular weight is 376 g/mol. The standard InChI is InChI=1S/C22H24N4O2/c1-15-11-19(25-24-15)14-26-10-9-16-7-8-18(12-17(16)13-26)23-22(27)20-5-3-4-6-21(20)28-2/h3-8,11-12H,9-10,13-14H2,1-2H3,(H,23,27)(H,24,25). The van der Waals surface area contributed by atoms with Crippen molar-refractivity contribution >= 4 is 11.6 Å². The molecule has 3 aromatic rings. The predicted molar refractivity (Wildman–Crippen MR) is 109 cm³/mol. The summed E-state index contributed by atoms with van der Waals surface area (Å²) >= 11 is 0. The van der Waals surface area contributed by atoms with Gasteiger partial charge in [-0.3, -0.25) is 14.8 Å². The lowest BCUT2D eigenvalue weighted by Crippen LogP contribution is -2.30. The minimum absolute atomic E-state index is 0.169. The number of H-pyrrole nitrogens is 1. The number of nitrogens with zero attached hydrogens (tertiary/aromatic N) is 2. The van der Waals surface area contributed by atoms with Crippen molar-refractivity contribution in [3.05, 3.63) is 76.6 Å². The van der Waals surface area contributed by atoms with E-state index in [0.29, 0.717) is 11.3 Å². The fourth-order valence-electron chi connectivity index (χ4n) is 3.64. The Kier molecular flexibility index (Phi) is 5.12. The van der Waals surface area contributed by atoms with Gasteiger partial charge in [-0.1, -0.05) is 18.2 Å². The largest absolute Gasteiger partial charge is 0.496 e. The molecule has 0 atom stereocenters. The van der Waals surface area contributed by atoms with Crippen molar-refractivity contribution in [2.24, 2.45) is 0 Å². The highest BCUT2D eigenvalue weighted by Crippen LogP contribution is 2.25. The van der Waals surface area contributed by atoms with Crippen molar-refractivity contribution in [3.63, 3.8) is 0 Å². The van der Waals surface area contributed by atoms with Crippen LogP contribution in [0.2, 0.25) is 0 Å². The van der Waals surface area contributed by atoms with Gasteiger partial charge in [-0.15, -0.1) is 0 Å². The Balaban J connectivity index is 1.48. The molecule has 28 heavy (non-hydrogen) atoms. The number of carbonyl (C=O) groups excluding carboxylic acids is 1. The van der Waals surface area contributed by atoms with Gasteiger partial charge in [0.25, 0.3) is 5.91 Å². The molecule has 0 unspecified atom stereocenters. The zero-order valence-electron chi connectivity index (χ0n) is 16.2. The van der Waals surface area contributed by atoms with Crippen LogP contribution in [0, 0.1) is 6.92 Å². The second-order valence-corrected chi connectivity index (χ2v) is 7.14. The normalized spacial score (nSPS) is 13.8. The van der Waals surface area contributed by atoms with Gasteiger partial charge in [-0.25, -0.2) is 0 Å². The zero-order valence-corrected chi connectivity index (χ0v) is 16.2. The van der Waals surface area contributed by atoms with Crippen LogP contribution in [0.5, 0.6) is 5.75 Å². The number of methoxy groups -OCH3 is 1. The van der Waals surface area contributed by atoms with Crippen LogP contribution in [0.15, 0.2) is 48.5 Å². The summed E-state index contributed by atoms with van der Waals surface area (Å²) in [4.78, 5) is 15.0. The Bertz CT molecular complexity index is 996. The van der Waals surface area contributed by atoms with Crippen molar-refractivity contribution < 1.29 is 9.53 Å². The smallest absolute Gasteiger partial charge is 0.259 e.